The van der Waals surface area contributed by atoms with Crippen molar-refractivity contribution in [1.82, 2.24) is 16.0 Å². The van der Waals surface area contributed by atoms with Gasteiger partial charge in [0.1, 0.15) is 12.7 Å². The number of allylic oxidation sites excluding steroid dienone is 1. The number of alkyl halides is 1. The fourth-order valence-corrected chi connectivity index (χ4v) is 1.28. The van der Waals surface area contributed by atoms with Crippen LogP contribution in [0.15, 0.2) is 24.6 Å². The number of Topliss-reactive ketones (excluding diaryl/α,β-unsaturated/α-hetero) is 1. The molecular weight excluding hydrogens is 321 g/mol. The van der Waals surface area contributed by atoms with Crippen LogP contribution in [-0.4, -0.2) is 47.9 Å². The minimum Gasteiger partial charge on any atom is -0.481 e. The predicted octanol–water partition coefficient (Wildman–Crippen LogP) is 0.264. The van der Waals surface area contributed by atoms with Gasteiger partial charge in [-0.2, -0.15) is 0 Å². The molecule has 4 N–H and O–H groups in total. The Bertz CT molecular complexity index is 492. The summed E-state index contributed by atoms with van der Waals surface area (Å²) in [4.78, 5) is 44.8. The Labute approximate surface area is 140 Å². The topological polar surface area (TPSA) is 125 Å². The number of amides is 2. The smallest absolute Gasteiger partial charge is 0.305 e. The number of ketones is 1. The maximum Gasteiger partial charge on any atom is 0.305 e. The Morgan fingerprint density at radius 1 is 1.25 bits per heavy atom. The monoisotopic (exact) mass is 345 g/mol. The van der Waals surface area contributed by atoms with Crippen LogP contribution in [-0.2, 0) is 19.2 Å². The molecule has 8 nitrogen and oxygen atoms in total. The van der Waals surface area contributed by atoms with Crippen LogP contribution in [0, 0.1) is 0 Å². The fraction of sp³-hybridized carbons (Fsp3) is 0.467. The standard InChI is InChI=1S/C13H18FN3O5.C2H6/c1-3-4-15-8(2)13(22)16-7-11(19)17-9(5-12(20)21)10(18)6-14;1-2/h3-4,9,15H,2,5-7H2,1H3,(H,16,22)(H,17,19)(H,20,21);1-2H3/b4-3-;. The Morgan fingerprint density at radius 2 is 1.83 bits per heavy atom. The second-order valence-corrected chi connectivity index (χ2v) is 4.12. The van der Waals surface area contributed by atoms with Gasteiger partial charge in [0.25, 0.3) is 5.91 Å². The van der Waals surface area contributed by atoms with Crippen molar-refractivity contribution in [2.75, 3.05) is 13.2 Å². The average molecular weight is 345 g/mol. The largest absolute Gasteiger partial charge is 0.481 e. The summed E-state index contributed by atoms with van der Waals surface area (Å²) in [5.74, 6) is -3.89. The molecule has 0 aromatic heterocycles. The lowest BCUT2D eigenvalue weighted by Crippen LogP contribution is -2.47. The molecule has 0 radical (unpaired) electrons. The zero-order valence-corrected chi connectivity index (χ0v) is 14.0. The molecule has 0 bridgehead atoms. The number of carboxylic acids is 1. The van der Waals surface area contributed by atoms with Gasteiger partial charge in [-0.15, -0.1) is 0 Å². The quantitative estimate of drug-likeness (QED) is 0.421. The first-order valence-corrected chi connectivity index (χ1v) is 7.26. The van der Waals surface area contributed by atoms with Gasteiger partial charge in [-0.1, -0.05) is 26.5 Å². The van der Waals surface area contributed by atoms with Crippen LogP contribution in [0.3, 0.4) is 0 Å². The second kappa shape index (κ2) is 13.9. The van der Waals surface area contributed by atoms with Crippen molar-refractivity contribution in [1.29, 1.82) is 0 Å². The highest BCUT2D eigenvalue weighted by Crippen LogP contribution is 1.96. The molecule has 2 amide bonds. The summed E-state index contributed by atoms with van der Waals surface area (Å²) in [6.45, 7) is 7.24. The van der Waals surface area contributed by atoms with Crippen molar-refractivity contribution >= 4 is 23.6 Å². The Hall–Kier alpha value is -2.71. The first kappa shape index (κ1) is 23.6. The Balaban J connectivity index is 0. The van der Waals surface area contributed by atoms with Crippen LogP contribution >= 0.6 is 0 Å². The molecule has 0 saturated heterocycles. The SMILES string of the molecule is C=C(N/C=C\C)C(=O)NCC(=O)NC(CC(=O)O)C(=O)CF.CC. The van der Waals surface area contributed by atoms with Crippen LogP contribution in [0.5, 0.6) is 0 Å². The molecule has 1 unspecified atom stereocenters. The molecular formula is C15H24FN3O5. The number of aliphatic carboxylic acids is 1. The van der Waals surface area contributed by atoms with E-state index in [9.17, 15) is 23.6 Å². The van der Waals surface area contributed by atoms with E-state index in [0.29, 0.717) is 0 Å². The van der Waals surface area contributed by atoms with Gasteiger partial charge in [0.2, 0.25) is 5.91 Å². The summed E-state index contributed by atoms with van der Waals surface area (Å²) < 4.78 is 12.3. The molecule has 0 aliphatic heterocycles. The number of nitrogens with one attached hydrogen (secondary N) is 3. The molecule has 0 spiro atoms. The molecule has 0 fully saturated rings. The van der Waals surface area contributed by atoms with Gasteiger partial charge in [0.15, 0.2) is 5.78 Å². The maximum atomic E-state index is 12.3. The van der Waals surface area contributed by atoms with E-state index in [1.807, 2.05) is 19.2 Å². The average Bonchev–Trinajstić information content (AvgIpc) is 2.57. The summed E-state index contributed by atoms with van der Waals surface area (Å²) in [6.07, 6.45) is 2.35. The molecule has 0 saturated carbocycles. The van der Waals surface area contributed by atoms with E-state index in [1.54, 1.807) is 13.0 Å². The number of carbonyl (C=O) groups excluding carboxylic acids is 3. The van der Waals surface area contributed by atoms with E-state index in [-0.39, 0.29) is 5.70 Å². The lowest BCUT2D eigenvalue weighted by molar-refractivity contribution is -0.140. The molecule has 0 aromatic carbocycles. The van der Waals surface area contributed by atoms with E-state index in [0.717, 1.165) is 0 Å². The molecule has 0 aromatic rings. The highest BCUT2D eigenvalue weighted by molar-refractivity contribution is 5.96. The number of carbonyl (C=O) groups is 4. The number of halogens is 1. The third kappa shape index (κ3) is 10.9. The van der Waals surface area contributed by atoms with Crippen LogP contribution in [0.4, 0.5) is 4.39 Å². The molecule has 0 aliphatic rings. The van der Waals surface area contributed by atoms with Gasteiger partial charge >= 0.3 is 5.97 Å². The summed E-state index contributed by atoms with van der Waals surface area (Å²) in [6, 6.07) is -1.48. The lowest BCUT2D eigenvalue weighted by atomic mass is 10.1. The zero-order valence-electron chi connectivity index (χ0n) is 14.0. The normalized spacial score (nSPS) is 10.8. The first-order valence-electron chi connectivity index (χ1n) is 7.26. The molecule has 1 atom stereocenters. The molecule has 24 heavy (non-hydrogen) atoms. The highest BCUT2D eigenvalue weighted by Gasteiger charge is 2.23. The number of rotatable bonds is 10. The molecule has 9 heteroatoms. The van der Waals surface area contributed by atoms with Crippen LogP contribution in [0.2, 0.25) is 0 Å². The van der Waals surface area contributed by atoms with Gasteiger partial charge in [-0.25, -0.2) is 4.39 Å². The highest BCUT2D eigenvalue weighted by atomic mass is 19.1. The lowest BCUT2D eigenvalue weighted by Gasteiger charge is -2.14. The zero-order chi connectivity index (χ0) is 19.1. The van der Waals surface area contributed by atoms with Crippen LogP contribution in [0.25, 0.3) is 0 Å². The van der Waals surface area contributed by atoms with Gasteiger partial charge in [-0.05, 0) is 13.1 Å². The molecule has 0 aliphatic carbocycles. The van der Waals surface area contributed by atoms with Crippen molar-refractivity contribution in [3.8, 4) is 0 Å². The van der Waals surface area contributed by atoms with Crippen molar-refractivity contribution < 1.29 is 28.7 Å². The van der Waals surface area contributed by atoms with Crippen molar-refractivity contribution in [2.24, 2.45) is 0 Å². The molecule has 136 valence electrons. The Morgan fingerprint density at radius 3 is 2.29 bits per heavy atom. The van der Waals surface area contributed by atoms with E-state index in [2.05, 4.69) is 17.2 Å². The second-order valence-electron chi connectivity index (χ2n) is 4.12. The van der Waals surface area contributed by atoms with E-state index in [4.69, 9.17) is 5.11 Å². The van der Waals surface area contributed by atoms with Gasteiger partial charge < -0.3 is 21.1 Å². The first-order chi connectivity index (χ1) is 11.3. The number of hydrogen-bond acceptors (Lipinski definition) is 5. The van der Waals surface area contributed by atoms with Crippen molar-refractivity contribution in [3.05, 3.63) is 24.6 Å². The summed E-state index contributed by atoms with van der Waals surface area (Å²) >= 11 is 0. The minimum absolute atomic E-state index is 0.00665. The van der Waals surface area contributed by atoms with E-state index < -0.39 is 49.2 Å². The third-order valence-electron chi connectivity index (χ3n) is 2.34. The molecule has 0 heterocycles. The number of hydrogen-bond donors (Lipinski definition) is 4. The van der Waals surface area contributed by atoms with Crippen molar-refractivity contribution in [3.63, 3.8) is 0 Å². The van der Waals surface area contributed by atoms with E-state index in [1.165, 1.54) is 6.20 Å². The maximum absolute atomic E-state index is 12.3. The summed E-state index contributed by atoms with van der Waals surface area (Å²) in [5.41, 5.74) is -0.00665. The number of carboxylic acid groups (broad SMARTS) is 1. The van der Waals surface area contributed by atoms with Crippen molar-refractivity contribution in [2.45, 2.75) is 33.2 Å². The van der Waals surface area contributed by atoms with Crippen LogP contribution in [0.1, 0.15) is 27.2 Å². The minimum atomic E-state index is -1.48. The van der Waals surface area contributed by atoms with Gasteiger partial charge in [0.05, 0.1) is 18.7 Å². The molecule has 0 rings (SSSR count). The summed E-state index contributed by atoms with van der Waals surface area (Å²) in [7, 11) is 0. The Kier molecular flexibility index (Phi) is 13.7. The fourth-order valence-electron chi connectivity index (χ4n) is 1.28. The van der Waals surface area contributed by atoms with E-state index >= 15 is 0 Å². The van der Waals surface area contributed by atoms with Crippen LogP contribution < -0.4 is 16.0 Å². The predicted molar refractivity (Wildman–Crippen MR) is 86.6 cm³/mol. The third-order valence-corrected chi connectivity index (χ3v) is 2.34. The summed E-state index contributed by atoms with van der Waals surface area (Å²) in [5, 5.41) is 15.4. The van der Waals surface area contributed by atoms with Gasteiger partial charge in [-0.3, -0.25) is 19.2 Å². The van der Waals surface area contributed by atoms with Gasteiger partial charge in [0, 0.05) is 0 Å².